The zero-order valence-corrected chi connectivity index (χ0v) is 14.2. The Bertz CT molecular complexity index is 853. The quantitative estimate of drug-likeness (QED) is 0.453. The topological polar surface area (TPSA) is 73.4 Å². The Balaban J connectivity index is 1.86. The number of nitro benzene ring substituents is 1. The first-order valence-electron chi connectivity index (χ1n) is 8.10. The van der Waals surface area contributed by atoms with E-state index in [1.54, 1.807) is 4.90 Å². The van der Waals surface area contributed by atoms with Crippen LogP contribution < -0.4 is 9.64 Å². The molecule has 0 radical (unpaired) electrons. The van der Waals surface area contributed by atoms with Crippen molar-refractivity contribution in [2.75, 3.05) is 25.1 Å². The predicted octanol–water partition coefficient (Wildman–Crippen LogP) is 3.80. The molecular weight excluding hydrogens is 372 g/mol. The zero-order chi connectivity index (χ0) is 19.8. The van der Waals surface area contributed by atoms with Gasteiger partial charge >= 0.3 is 11.9 Å². The first-order valence-corrected chi connectivity index (χ1v) is 8.10. The van der Waals surface area contributed by atoms with Crippen molar-refractivity contribution in [1.82, 2.24) is 9.78 Å². The number of piperidine rings is 1. The summed E-state index contributed by atoms with van der Waals surface area (Å²) in [7, 11) is 1.24. The molecule has 1 atom stereocenters. The lowest BCUT2D eigenvalue weighted by atomic mass is 10.0. The van der Waals surface area contributed by atoms with Crippen molar-refractivity contribution in [3.05, 3.63) is 46.0 Å². The Kier molecular flexibility index (Phi) is 4.94. The predicted molar refractivity (Wildman–Crippen MR) is 87.3 cm³/mol. The molecule has 1 unspecified atom stereocenters. The number of nitro groups is 1. The molecule has 146 valence electrons. The largest absolute Gasteiger partial charge is 0.490 e. The van der Waals surface area contributed by atoms with Crippen LogP contribution in [0.15, 0.2) is 24.4 Å². The molecule has 0 amide bonds. The van der Waals surface area contributed by atoms with Crippen molar-refractivity contribution >= 4 is 11.4 Å². The summed E-state index contributed by atoms with van der Waals surface area (Å²) in [6.45, 7) is 0.679. The number of hydrogen-bond acceptors (Lipinski definition) is 5. The summed E-state index contributed by atoms with van der Waals surface area (Å²) < 4.78 is 58.9. The third-order valence-corrected chi connectivity index (χ3v) is 4.46. The van der Waals surface area contributed by atoms with Crippen LogP contribution >= 0.6 is 0 Å². The number of halogens is 4. The van der Waals surface area contributed by atoms with Crippen molar-refractivity contribution in [1.29, 1.82) is 0 Å². The molecule has 11 heteroatoms. The van der Waals surface area contributed by atoms with Gasteiger partial charge in [-0.05, 0) is 18.9 Å². The summed E-state index contributed by atoms with van der Waals surface area (Å²) >= 11 is 0. The molecule has 0 aliphatic carbocycles. The van der Waals surface area contributed by atoms with E-state index in [4.69, 9.17) is 4.74 Å². The number of alkyl halides is 3. The van der Waals surface area contributed by atoms with Crippen LogP contribution in [0.3, 0.4) is 0 Å². The first-order chi connectivity index (χ1) is 12.7. The molecule has 1 aliphatic rings. The van der Waals surface area contributed by atoms with Gasteiger partial charge in [0, 0.05) is 25.4 Å². The van der Waals surface area contributed by atoms with Crippen molar-refractivity contribution in [2.45, 2.75) is 25.1 Å². The second-order valence-corrected chi connectivity index (χ2v) is 6.15. The smallest absolute Gasteiger partial charge is 0.435 e. The fourth-order valence-electron chi connectivity index (χ4n) is 3.16. The number of rotatable bonds is 4. The number of ether oxygens (including phenoxy) is 1. The molecule has 0 N–H and O–H groups in total. The Morgan fingerprint density at radius 1 is 1.37 bits per heavy atom. The summed E-state index contributed by atoms with van der Waals surface area (Å²) in [5.41, 5.74) is -1.37. The molecule has 2 aromatic rings. The number of hydrogen-bond donors (Lipinski definition) is 0. The van der Waals surface area contributed by atoms with E-state index in [0.717, 1.165) is 12.1 Å². The normalized spacial score (nSPS) is 17.8. The summed E-state index contributed by atoms with van der Waals surface area (Å²) in [6.07, 6.45) is -2.09. The number of methoxy groups -OCH3 is 1. The lowest BCUT2D eigenvalue weighted by Gasteiger charge is -2.34. The van der Waals surface area contributed by atoms with Crippen LogP contribution in [0.5, 0.6) is 5.75 Å². The van der Waals surface area contributed by atoms with E-state index in [2.05, 4.69) is 5.10 Å². The Hall–Kier alpha value is -2.85. The van der Waals surface area contributed by atoms with Crippen molar-refractivity contribution < 1.29 is 27.2 Å². The molecule has 1 fully saturated rings. The van der Waals surface area contributed by atoms with Gasteiger partial charge in [0.2, 0.25) is 0 Å². The van der Waals surface area contributed by atoms with Crippen LogP contribution in [-0.4, -0.2) is 34.9 Å². The van der Waals surface area contributed by atoms with Gasteiger partial charge in [0.15, 0.2) is 17.3 Å². The number of benzene rings is 1. The van der Waals surface area contributed by atoms with E-state index >= 15 is 0 Å². The van der Waals surface area contributed by atoms with Crippen LogP contribution in [0, 0.1) is 15.9 Å². The molecule has 27 heavy (non-hydrogen) atoms. The van der Waals surface area contributed by atoms with E-state index in [-0.39, 0.29) is 24.0 Å². The third-order valence-electron chi connectivity index (χ3n) is 4.46. The molecule has 3 rings (SSSR count). The fraction of sp³-hybridized carbons (Fsp3) is 0.438. The average Bonchev–Trinajstić information content (AvgIpc) is 3.12. The Morgan fingerprint density at radius 2 is 2.11 bits per heavy atom. The second kappa shape index (κ2) is 7.05. The van der Waals surface area contributed by atoms with Gasteiger partial charge in [-0.1, -0.05) is 0 Å². The second-order valence-electron chi connectivity index (χ2n) is 6.15. The monoisotopic (exact) mass is 388 g/mol. The summed E-state index contributed by atoms with van der Waals surface area (Å²) in [5, 5.41) is 14.6. The van der Waals surface area contributed by atoms with Gasteiger partial charge in [-0.3, -0.25) is 14.8 Å². The molecule has 0 spiro atoms. The van der Waals surface area contributed by atoms with E-state index in [9.17, 15) is 27.7 Å². The molecule has 1 saturated heterocycles. The highest BCUT2D eigenvalue weighted by Gasteiger charge is 2.35. The molecule has 0 saturated carbocycles. The van der Waals surface area contributed by atoms with Crippen molar-refractivity contribution in [3.8, 4) is 5.75 Å². The highest BCUT2D eigenvalue weighted by atomic mass is 19.4. The molecule has 1 aromatic heterocycles. The number of nitrogens with zero attached hydrogens (tertiary/aromatic N) is 4. The fourth-order valence-corrected chi connectivity index (χ4v) is 3.16. The summed E-state index contributed by atoms with van der Waals surface area (Å²) in [4.78, 5) is 11.9. The highest BCUT2D eigenvalue weighted by molar-refractivity contribution is 5.60. The Morgan fingerprint density at radius 3 is 2.70 bits per heavy atom. The standard InChI is InChI=1S/C16H16F4N4O3/c1-27-14-8-12(11(17)7-13(14)24(25)26)22-5-2-3-10(9-22)23-6-4-15(21-23)16(18,19)20/h4,6-8,10H,2-3,5,9H2,1H3. The number of anilines is 1. The van der Waals surface area contributed by atoms with Gasteiger partial charge in [-0.15, -0.1) is 0 Å². The van der Waals surface area contributed by atoms with Crippen LogP contribution in [0.25, 0.3) is 0 Å². The van der Waals surface area contributed by atoms with Crippen LogP contribution in [0.2, 0.25) is 0 Å². The van der Waals surface area contributed by atoms with E-state index < -0.39 is 28.3 Å². The molecule has 2 heterocycles. The van der Waals surface area contributed by atoms with Crippen LogP contribution in [0.4, 0.5) is 28.9 Å². The van der Waals surface area contributed by atoms with Crippen LogP contribution in [-0.2, 0) is 6.18 Å². The lowest BCUT2D eigenvalue weighted by Crippen LogP contribution is -2.37. The molecule has 1 aliphatic heterocycles. The zero-order valence-electron chi connectivity index (χ0n) is 14.2. The van der Waals surface area contributed by atoms with Gasteiger partial charge in [0.25, 0.3) is 0 Å². The molecule has 0 bridgehead atoms. The third kappa shape index (κ3) is 3.81. The van der Waals surface area contributed by atoms with Gasteiger partial charge in [0.05, 0.1) is 29.8 Å². The van der Waals surface area contributed by atoms with E-state index in [1.165, 1.54) is 24.1 Å². The molecule has 7 nitrogen and oxygen atoms in total. The van der Waals surface area contributed by atoms with Crippen molar-refractivity contribution in [2.24, 2.45) is 0 Å². The molecular formula is C16H16F4N4O3. The van der Waals surface area contributed by atoms with Gasteiger partial charge in [0.1, 0.15) is 0 Å². The van der Waals surface area contributed by atoms with Crippen LogP contribution in [0.1, 0.15) is 24.6 Å². The van der Waals surface area contributed by atoms with E-state index in [0.29, 0.717) is 19.4 Å². The minimum absolute atomic E-state index is 0.0861. The molecule has 1 aromatic carbocycles. The highest BCUT2D eigenvalue weighted by Crippen LogP contribution is 2.36. The lowest BCUT2D eigenvalue weighted by molar-refractivity contribution is -0.385. The average molecular weight is 388 g/mol. The first kappa shape index (κ1) is 18.9. The van der Waals surface area contributed by atoms with Gasteiger partial charge in [-0.2, -0.15) is 18.3 Å². The SMILES string of the molecule is COc1cc(N2CCCC(n3ccc(C(F)(F)F)n3)C2)c(F)cc1[N+](=O)[O-]. The number of aromatic nitrogens is 2. The van der Waals surface area contributed by atoms with E-state index in [1.807, 2.05) is 0 Å². The van der Waals surface area contributed by atoms with Gasteiger partial charge < -0.3 is 9.64 Å². The minimum Gasteiger partial charge on any atom is -0.490 e. The summed E-state index contributed by atoms with van der Waals surface area (Å²) in [5.74, 6) is -0.878. The summed E-state index contributed by atoms with van der Waals surface area (Å²) in [6, 6.07) is 2.54. The Labute approximate surface area is 151 Å². The minimum atomic E-state index is -4.53. The maximum atomic E-state index is 14.4. The maximum Gasteiger partial charge on any atom is 0.435 e. The van der Waals surface area contributed by atoms with Gasteiger partial charge in [-0.25, -0.2) is 4.39 Å². The maximum absolute atomic E-state index is 14.4. The van der Waals surface area contributed by atoms with Crippen molar-refractivity contribution in [3.63, 3.8) is 0 Å².